The fourth-order valence-electron chi connectivity index (χ4n) is 3.98. The van der Waals surface area contributed by atoms with E-state index in [9.17, 15) is 0 Å². The Hall–Kier alpha value is -1.68. The zero-order valence-electron chi connectivity index (χ0n) is 19.7. The second-order valence-electron chi connectivity index (χ2n) is 11.6. The highest BCUT2D eigenvalue weighted by atomic mass is 16.3. The second-order valence-corrected chi connectivity index (χ2v) is 11.6. The first-order valence-electron chi connectivity index (χ1n) is 9.97. The maximum Gasteiger partial charge on any atom is 0.184 e. The summed E-state index contributed by atoms with van der Waals surface area (Å²) < 4.78 is 5.70. The van der Waals surface area contributed by atoms with Crippen LogP contribution in [0, 0.1) is 33.5 Å². The summed E-state index contributed by atoms with van der Waals surface area (Å²) in [6.07, 6.45) is 6.06. The van der Waals surface area contributed by atoms with Crippen molar-refractivity contribution in [3.05, 3.63) is 40.9 Å². The molecule has 1 rings (SSSR count). The van der Waals surface area contributed by atoms with Gasteiger partial charge in [0.2, 0.25) is 0 Å². The van der Waals surface area contributed by atoms with Gasteiger partial charge in [-0.05, 0) is 39.7 Å². The lowest BCUT2D eigenvalue weighted by atomic mass is 9.71. The Morgan fingerprint density at radius 2 is 1.19 bits per heavy atom. The first kappa shape index (κ1) is 23.4. The van der Waals surface area contributed by atoms with Gasteiger partial charge >= 0.3 is 0 Å². The van der Waals surface area contributed by atoms with Crippen LogP contribution in [0.4, 0.5) is 0 Å². The van der Waals surface area contributed by atoms with Crippen LogP contribution in [-0.4, -0.2) is 0 Å². The lowest BCUT2D eigenvalue weighted by molar-refractivity contribution is 0.362. The smallest absolute Gasteiger partial charge is 0.184 e. The van der Waals surface area contributed by atoms with E-state index in [4.69, 9.17) is 4.42 Å². The first-order valence-corrected chi connectivity index (χ1v) is 9.97. The van der Waals surface area contributed by atoms with Crippen molar-refractivity contribution in [2.45, 2.75) is 83.1 Å². The third kappa shape index (κ3) is 6.76. The molecule has 1 aromatic heterocycles. The van der Waals surface area contributed by atoms with Gasteiger partial charge < -0.3 is 4.42 Å². The first-order chi connectivity index (χ1) is 11.9. The van der Waals surface area contributed by atoms with E-state index in [2.05, 4.69) is 107 Å². The molecule has 1 heteroatoms. The lowest BCUT2D eigenvalue weighted by Gasteiger charge is -2.34. The fourth-order valence-corrected chi connectivity index (χ4v) is 3.98. The van der Waals surface area contributed by atoms with E-state index < -0.39 is 0 Å². The molecule has 0 unspecified atom stereocenters. The van der Waals surface area contributed by atoms with E-state index in [1.54, 1.807) is 6.26 Å². The lowest BCUT2D eigenvalue weighted by Crippen LogP contribution is -2.22. The fraction of sp³-hybridized carbons (Fsp3) is 0.615. The Morgan fingerprint density at radius 3 is 1.59 bits per heavy atom. The number of hydrogen-bond donors (Lipinski definition) is 0. The van der Waals surface area contributed by atoms with Crippen molar-refractivity contribution in [3.63, 3.8) is 0 Å². The monoisotopic (exact) mass is 368 g/mol. The summed E-state index contributed by atoms with van der Waals surface area (Å²) in [5.41, 5.74) is 4.15. The molecule has 0 saturated carbocycles. The molecular formula is C26H40O. The van der Waals surface area contributed by atoms with Gasteiger partial charge in [0, 0.05) is 5.56 Å². The summed E-state index contributed by atoms with van der Waals surface area (Å²) in [5, 5.41) is 0. The Balaban J connectivity index is 3.38. The zero-order valence-corrected chi connectivity index (χ0v) is 19.7. The number of allylic oxidation sites excluding steroid dienone is 3. The summed E-state index contributed by atoms with van der Waals surface area (Å²) in [5.74, 6) is 7.23. The van der Waals surface area contributed by atoms with Gasteiger partial charge in [0.1, 0.15) is 0 Å². The molecule has 0 atom stereocenters. The van der Waals surface area contributed by atoms with Crippen molar-refractivity contribution in [2.75, 3.05) is 0 Å². The van der Waals surface area contributed by atoms with Crippen molar-refractivity contribution in [1.29, 1.82) is 0 Å². The van der Waals surface area contributed by atoms with Crippen LogP contribution in [0.25, 0.3) is 6.08 Å². The van der Waals surface area contributed by atoms with E-state index in [1.165, 1.54) is 11.1 Å². The molecule has 0 saturated heterocycles. The molecule has 0 amide bonds. The van der Waals surface area contributed by atoms with Crippen LogP contribution in [0.15, 0.2) is 34.0 Å². The molecule has 0 aliphatic rings. The molecule has 1 heterocycles. The van der Waals surface area contributed by atoms with Crippen LogP contribution in [0.1, 0.15) is 94.4 Å². The Labute approximate surface area is 168 Å². The topological polar surface area (TPSA) is 13.1 Å². The minimum Gasteiger partial charge on any atom is -0.455 e. The molecule has 1 nitrogen and oxygen atoms in total. The summed E-state index contributed by atoms with van der Waals surface area (Å²) in [4.78, 5) is 0. The van der Waals surface area contributed by atoms with Crippen molar-refractivity contribution < 1.29 is 4.42 Å². The predicted molar refractivity (Wildman–Crippen MR) is 119 cm³/mol. The summed E-state index contributed by atoms with van der Waals surface area (Å²) in [7, 11) is 0. The Morgan fingerprint density at radius 1 is 0.741 bits per heavy atom. The van der Waals surface area contributed by atoms with Gasteiger partial charge in [0.25, 0.3) is 0 Å². The van der Waals surface area contributed by atoms with E-state index in [-0.39, 0.29) is 21.7 Å². The highest BCUT2D eigenvalue weighted by Gasteiger charge is 2.29. The van der Waals surface area contributed by atoms with Gasteiger partial charge in [0.15, 0.2) is 5.76 Å². The predicted octanol–water partition coefficient (Wildman–Crippen LogP) is 8.13. The third-order valence-corrected chi connectivity index (χ3v) is 4.63. The van der Waals surface area contributed by atoms with Crippen molar-refractivity contribution >= 4 is 6.08 Å². The minimum atomic E-state index is 0.0878. The van der Waals surface area contributed by atoms with Crippen molar-refractivity contribution in [2.24, 2.45) is 21.7 Å². The summed E-state index contributed by atoms with van der Waals surface area (Å²) >= 11 is 0. The van der Waals surface area contributed by atoms with Crippen molar-refractivity contribution in [1.82, 2.24) is 0 Å². The third-order valence-electron chi connectivity index (χ3n) is 4.63. The van der Waals surface area contributed by atoms with E-state index in [0.29, 0.717) is 0 Å². The van der Waals surface area contributed by atoms with Crippen LogP contribution < -0.4 is 0 Å². The molecular weight excluding hydrogens is 328 g/mol. The molecule has 27 heavy (non-hydrogen) atoms. The van der Waals surface area contributed by atoms with Crippen LogP contribution >= 0.6 is 0 Å². The van der Waals surface area contributed by atoms with Gasteiger partial charge in [-0.3, -0.25) is 0 Å². The molecule has 0 radical (unpaired) electrons. The average Bonchev–Trinajstić information content (AvgIpc) is 2.82. The van der Waals surface area contributed by atoms with Crippen LogP contribution in [-0.2, 0) is 0 Å². The molecule has 0 bridgehead atoms. The van der Waals surface area contributed by atoms with E-state index in [0.717, 1.165) is 11.3 Å². The summed E-state index contributed by atoms with van der Waals surface area (Å²) in [6, 6.07) is 2.01. The van der Waals surface area contributed by atoms with Crippen LogP contribution in [0.3, 0.4) is 0 Å². The largest absolute Gasteiger partial charge is 0.455 e. The van der Waals surface area contributed by atoms with Crippen LogP contribution in [0.2, 0.25) is 0 Å². The van der Waals surface area contributed by atoms with E-state index in [1.807, 2.05) is 6.07 Å². The number of hydrogen-bond acceptors (Lipinski definition) is 1. The maximum atomic E-state index is 5.70. The molecule has 0 spiro atoms. The Bertz CT molecular complexity index is 726. The normalized spacial score (nSPS) is 12.9. The van der Waals surface area contributed by atoms with Gasteiger partial charge in [0.05, 0.1) is 6.26 Å². The maximum absolute atomic E-state index is 5.70. The van der Waals surface area contributed by atoms with Gasteiger partial charge in [-0.15, -0.1) is 0 Å². The minimum absolute atomic E-state index is 0.0878. The summed E-state index contributed by atoms with van der Waals surface area (Å²) in [6.45, 7) is 27.0. The number of rotatable bonds is 1. The molecule has 150 valence electrons. The SMILES string of the molecule is CC(C)(C)C(=CC#Cc1occc1C=C(C(C)(C)C)C(C)(C)C)C(C)(C)C. The van der Waals surface area contributed by atoms with Gasteiger partial charge in [-0.1, -0.05) is 106 Å². The molecule has 1 aromatic rings. The molecule has 0 N–H and O–H groups in total. The highest BCUT2D eigenvalue weighted by molar-refractivity contribution is 5.60. The van der Waals surface area contributed by atoms with E-state index >= 15 is 0 Å². The van der Waals surface area contributed by atoms with Gasteiger partial charge in [-0.25, -0.2) is 0 Å². The molecule has 0 aliphatic heterocycles. The highest BCUT2D eigenvalue weighted by Crippen LogP contribution is 2.41. The number of furan rings is 1. The quantitative estimate of drug-likeness (QED) is 0.456. The molecule has 0 aromatic carbocycles. The van der Waals surface area contributed by atoms with Crippen LogP contribution in [0.5, 0.6) is 0 Å². The second kappa shape index (κ2) is 7.75. The Kier molecular flexibility index (Phi) is 6.70. The molecule has 0 aliphatic carbocycles. The zero-order chi connectivity index (χ0) is 21.3. The molecule has 0 fully saturated rings. The average molecular weight is 369 g/mol. The standard InChI is InChI=1S/C26H40O/c1-23(2,3)21(24(4,5)6)15-13-14-20-19(16-17-27-20)18-22(25(7,8)9)26(10,11)12/h15-18H,1-12H3. The van der Waals surface area contributed by atoms with Gasteiger partial charge in [-0.2, -0.15) is 0 Å². The van der Waals surface area contributed by atoms with Crippen molar-refractivity contribution in [3.8, 4) is 11.8 Å².